The van der Waals surface area contributed by atoms with Crippen molar-refractivity contribution in [3.05, 3.63) is 43.5 Å². The minimum absolute atomic E-state index is 0.0320. The van der Waals surface area contributed by atoms with Gasteiger partial charge in [0.15, 0.2) is 11.5 Å². The third kappa shape index (κ3) is 4.17. The summed E-state index contributed by atoms with van der Waals surface area (Å²) < 4.78 is 10.5. The monoisotopic (exact) mass is 359 g/mol. The first kappa shape index (κ1) is 19.4. The number of rotatable bonds is 9. The summed E-state index contributed by atoms with van der Waals surface area (Å²) in [6.07, 6.45) is 3.31. The molecule has 0 N–H and O–H groups in total. The molecule has 140 valence electrons. The van der Waals surface area contributed by atoms with Crippen LogP contribution in [0.15, 0.2) is 43.5 Å². The molecule has 0 atom stereocenters. The van der Waals surface area contributed by atoms with Gasteiger partial charge in [0.1, 0.15) is 6.54 Å². The first-order valence-electron chi connectivity index (χ1n) is 8.33. The van der Waals surface area contributed by atoms with Crippen molar-refractivity contribution in [2.75, 3.05) is 51.8 Å². The second kappa shape index (κ2) is 8.94. The molecule has 1 saturated heterocycles. The zero-order valence-electron chi connectivity index (χ0n) is 15.3. The molecule has 1 heterocycles. The van der Waals surface area contributed by atoms with Gasteiger partial charge in [0.2, 0.25) is 5.91 Å². The molecule has 1 aliphatic rings. The van der Waals surface area contributed by atoms with Crippen LogP contribution in [0.2, 0.25) is 0 Å². The molecule has 0 saturated carbocycles. The van der Waals surface area contributed by atoms with E-state index < -0.39 is 0 Å². The quantitative estimate of drug-likeness (QED) is 0.634. The van der Waals surface area contributed by atoms with Crippen LogP contribution >= 0.6 is 0 Å². The number of benzene rings is 1. The Hall–Kier alpha value is -2.96. The van der Waals surface area contributed by atoms with E-state index in [1.165, 1.54) is 4.90 Å². The van der Waals surface area contributed by atoms with Gasteiger partial charge in [-0.25, -0.2) is 4.79 Å². The highest BCUT2D eigenvalue weighted by Crippen LogP contribution is 2.32. The molecule has 7 nitrogen and oxygen atoms in total. The van der Waals surface area contributed by atoms with Crippen LogP contribution in [0.4, 0.5) is 10.5 Å². The van der Waals surface area contributed by atoms with Crippen molar-refractivity contribution in [3.8, 4) is 11.5 Å². The fourth-order valence-corrected chi connectivity index (χ4v) is 2.81. The van der Waals surface area contributed by atoms with Crippen molar-refractivity contribution in [2.45, 2.75) is 0 Å². The lowest BCUT2D eigenvalue weighted by molar-refractivity contribution is -0.130. The van der Waals surface area contributed by atoms with E-state index in [-0.39, 0.29) is 18.5 Å². The van der Waals surface area contributed by atoms with Crippen LogP contribution in [-0.4, -0.2) is 68.7 Å². The average molecular weight is 359 g/mol. The minimum atomic E-state index is -0.206. The predicted octanol–water partition coefficient (Wildman–Crippen LogP) is 2.15. The van der Waals surface area contributed by atoms with Crippen LogP contribution in [0, 0.1) is 0 Å². The molecule has 26 heavy (non-hydrogen) atoms. The van der Waals surface area contributed by atoms with Gasteiger partial charge in [0.25, 0.3) is 0 Å². The Morgan fingerprint density at radius 3 is 2.38 bits per heavy atom. The van der Waals surface area contributed by atoms with Crippen LogP contribution in [0.25, 0.3) is 0 Å². The van der Waals surface area contributed by atoms with Gasteiger partial charge < -0.3 is 19.3 Å². The number of hydrogen-bond acceptors (Lipinski definition) is 4. The molecule has 0 bridgehead atoms. The number of nitrogens with zero attached hydrogens (tertiary/aromatic N) is 3. The second-order valence-electron chi connectivity index (χ2n) is 5.77. The van der Waals surface area contributed by atoms with Crippen molar-refractivity contribution in [2.24, 2.45) is 0 Å². The maximum absolute atomic E-state index is 12.7. The molecule has 0 radical (unpaired) electrons. The smallest absolute Gasteiger partial charge is 0.325 e. The van der Waals surface area contributed by atoms with Crippen molar-refractivity contribution < 1.29 is 19.1 Å². The highest BCUT2D eigenvalue weighted by Gasteiger charge is 2.32. The Kier molecular flexibility index (Phi) is 6.66. The normalized spacial score (nSPS) is 13.5. The number of ether oxygens (including phenoxy) is 2. The van der Waals surface area contributed by atoms with Gasteiger partial charge in [-0.15, -0.1) is 13.2 Å². The molecule has 3 amide bonds. The fourth-order valence-electron chi connectivity index (χ4n) is 2.81. The summed E-state index contributed by atoms with van der Waals surface area (Å²) in [5, 5.41) is 0. The lowest BCUT2D eigenvalue weighted by Crippen LogP contribution is -2.42. The van der Waals surface area contributed by atoms with E-state index >= 15 is 0 Å². The van der Waals surface area contributed by atoms with E-state index in [0.29, 0.717) is 43.4 Å². The Morgan fingerprint density at radius 1 is 1.15 bits per heavy atom. The maximum Gasteiger partial charge on any atom is 0.325 e. The van der Waals surface area contributed by atoms with Crippen LogP contribution < -0.4 is 14.4 Å². The number of carbonyl (C=O) groups is 2. The van der Waals surface area contributed by atoms with Crippen LogP contribution in [0.3, 0.4) is 0 Å². The molecule has 7 heteroatoms. The Labute approximate surface area is 154 Å². The van der Waals surface area contributed by atoms with Gasteiger partial charge in [-0.3, -0.25) is 9.69 Å². The third-order valence-corrected chi connectivity index (χ3v) is 4.15. The van der Waals surface area contributed by atoms with E-state index in [2.05, 4.69) is 13.2 Å². The van der Waals surface area contributed by atoms with E-state index in [0.717, 1.165) is 0 Å². The standard InChI is InChI=1S/C19H25N3O4/c1-5-9-20(10-6-2)18(23)14-21-11-12-22(19(21)24)15-7-8-16(25-3)17(13-15)26-4/h5-8,13H,1-2,9-12,14H2,3-4H3. The number of anilines is 1. The van der Waals surface area contributed by atoms with Crippen LogP contribution in [0.5, 0.6) is 11.5 Å². The Bertz CT molecular complexity index is 679. The van der Waals surface area contributed by atoms with Gasteiger partial charge in [0, 0.05) is 37.9 Å². The number of carbonyl (C=O) groups excluding carboxylic acids is 2. The topological polar surface area (TPSA) is 62.3 Å². The zero-order valence-corrected chi connectivity index (χ0v) is 15.3. The summed E-state index contributed by atoms with van der Waals surface area (Å²) in [6.45, 7) is 9.17. The van der Waals surface area contributed by atoms with Crippen molar-refractivity contribution in [3.63, 3.8) is 0 Å². The summed E-state index contributed by atoms with van der Waals surface area (Å²) in [4.78, 5) is 29.9. The zero-order chi connectivity index (χ0) is 19.1. The molecular formula is C19H25N3O4. The second-order valence-corrected chi connectivity index (χ2v) is 5.77. The summed E-state index contributed by atoms with van der Waals surface area (Å²) >= 11 is 0. The highest BCUT2D eigenvalue weighted by molar-refractivity contribution is 5.96. The van der Waals surface area contributed by atoms with Gasteiger partial charge in [-0.05, 0) is 12.1 Å². The van der Waals surface area contributed by atoms with Crippen LogP contribution in [-0.2, 0) is 4.79 Å². The molecule has 2 rings (SSSR count). The van der Waals surface area contributed by atoms with Crippen molar-refractivity contribution in [1.82, 2.24) is 9.80 Å². The SMILES string of the molecule is C=CCN(CC=C)C(=O)CN1CCN(c2ccc(OC)c(OC)c2)C1=O. The number of hydrogen-bond donors (Lipinski definition) is 0. The molecule has 1 aliphatic heterocycles. The van der Waals surface area contributed by atoms with Crippen LogP contribution in [0.1, 0.15) is 0 Å². The van der Waals surface area contributed by atoms with E-state index in [4.69, 9.17) is 9.47 Å². The number of amides is 3. The lowest BCUT2D eigenvalue weighted by atomic mass is 10.2. The Morgan fingerprint density at radius 2 is 1.81 bits per heavy atom. The summed E-state index contributed by atoms with van der Waals surface area (Å²) in [7, 11) is 3.11. The fraction of sp³-hybridized carbons (Fsp3) is 0.368. The molecule has 0 aliphatic carbocycles. The molecule has 1 aromatic carbocycles. The summed E-state index contributed by atoms with van der Waals surface area (Å²) in [5.41, 5.74) is 0.705. The Balaban J connectivity index is 2.08. The molecule has 0 unspecified atom stereocenters. The molecule has 1 aromatic rings. The third-order valence-electron chi connectivity index (χ3n) is 4.15. The molecule has 0 aromatic heterocycles. The first-order valence-corrected chi connectivity index (χ1v) is 8.33. The predicted molar refractivity (Wildman–Crippen MR) is 101 cm³/mol. The average Bonchev–Trinajstić information content (AvgIpc) is 3.01. The van der Waals surface area contributed by atoms with Gasteiger partial charge in [-0.1, -0.05) is 12.2 Å². The minimum Gasteiger partial charge on any atom is -0.493 e. The lowest BCUT2D eigenvalue weighted by Gasteiger charge is -2.23. The van der Waals surface area contributed by atoms with Gasteiger partial charge in [-0.2, -0.15) is 0 Å². The molecule has 1 fully saturated rings. The van der Waals surface area contributed by atoms with Crippen molar-refractivity contribution in [1.29, 1.82) is 0 Å². The summed E-state index contributed by atoms with van der Waals surface area (Å²) in [6, 6.07) is 5.10. The van der Waals surface area contributed by atoms with Crippen molar-refractivity contribution >= 4 is 17.6 Å². The highest BCUT2D eigenvalue weighted by atomic mass is 16.5. The number of urea groups is 1. The number of methoxy groups -OCH3 is 2. The maximum atomic E-state index is 12.7. The summed E-state index contributed by atoms with van der Waals surface area (Å²) in [5.74, 6) is 1.02. The van der Waals surface area contributed by atoms with E-state index in [1.807, 2.05) is 0 Å². The largest absolute Gasteiger partial charge is 0.493 e. The van der Waals surface area contributed by atoms with E-state index in [9.17, 15) is 9.59 Å². The van der Waals surface area contributed by atoms with Gasteiger partial charge >= 0.3 is 6.03 Å². The first-order chi connectivity index (χ1) is 12.5. The van der Waals surface area contributed by atoms with E-state index in [1.54, 1.807) is 54.4 Å². The molecule has 0 spiro atoms. The molecular weight excluding hydrogens is 334 g/mol. The van der Waals surface area contributed by atoms with Gasteiger partial charge in [0.05, 0.1) is 14.2 Å².